The minimum atomic E-state index is 0.610. The van der Waals surface area contributed by atoms with E-state index in [0.29, 0.717) is 28.9 Å². The van der Waals surface area contributed by atoms with E-state index in [2.05, 4.69) is 27.4 Å². The fourth-order valence-electron chi connectivity index (χ4n) is 3.51. The highest BCUT2D eigenvalue weighted by atomic mass is 35.5. The molecule has 26 heavy (non-hydrogen) atoms. The fourth-order valence-corrected chi connectivity index (χ4v) is 4.02. The molecule has 136 valence electrons. The molecule has 5 nitrogen and oxygen atoms in total. The number of anilines is 2. The summed E-state index contributed by atoms with van der Waals surface area (Å²) >= 11 is 12.6. The molecule has 0 atom stereocenters. The van der Waals surface area contributed by atoms with Crippen LogP contribution in [-0.2, 0) is 11.2 Å². The maximum absolute atomic E-state index is 6.49. The lowest BCUT2D eigenvalue weighted by Crippen LogP contribution is -2.36. The van der Waals surface area contributed by atoms with Crippen LogP contribution in [0.4, 0.5) is 11.5 Å². The van der Waals surface area contributed by atoms with Crippen molar-refractivity contribution in [2.75, 3.05) is 36.9 Å². The van der Waals surface area contributed by atoms with Crippen molar-refractivity contribution >= 4 is 40.4 Å². The van der Waals surface area contributed by atoms with Gasteiger partial charge < -0.3 is 15.4 Å². The lowest BCUT2D eigenvalue weighted by Gasteiger charge is -2.28. The first-order valence-corrected chi connectivity index (χ1v) is 9.42. The molecule has 0 spiro atoms. The van der Waals surface area contributed by atoms with Crippen LogP contribution in [0.15, 0.2) is 30.6 Å². The number of halogens is 2. The molecule has 0 bridgehead atoms. The van der Waals surface area contributed by atoms with Crippen molar-refractivity contribution in [3.05, 3.63) is 46.2 Å². The molecule has 7 heteroatoms. The lowest BCUT2D eigenvalue weighted by atomic mass is 9.98. The van der Waals surface area contributed by atoms with E-state index < -0.39 is 0 Å². The minimum Gasteiger partial charge on any atom is -0.395 e. The van der Waals surface area contributed by atoms with Gasteiger partial charge in [0.1, 0.15) is 5.82 Å². The number of morpholine rings is 1. The first kappa shape index (κ1) is 17.5. The third kappa shape index (κ3) is 2.90. The van der Waals surface area contributed by atoms with Gasteiger partial charge >= 0.3 is 0 Å². The molecule has 2 N–H and O–H groups in total. The monoisotopic (exact) mass is 390 g/mol. The van der Waals surface area contributed by atoms with E-state index in [1.807, 2.05) is 18.3 Å². The Labute approximate surface area is 162 Å². The number of fused-ring (bicyclic) bond motifs is 1. The van der Waals surface area contributed by atoms with E-state index in [1.165, 1.54) is 0 Å². The first-order chi connectivity index (χ1) is 12.6. The van der Waals surface area contributed by atoms with Crippen LogP contribution in [0.3, 0.4) is 0 Å². The number of aromatic nitrogens is 2. The van der Waals surface area contributed by atoms with Gasteiger partial charge in [-0.1, -0.05) is 36.2 Å². The van der Waals surface area contributed by atoms with Crippen LogP contribution in [0.5, 0.6) is 0 Å². The summed E-state index contributed by atoms with van der Waals surface area (Å²) in [6, 6.07) is 5.55. The van der Waals surface area contributed by atoms with Crippen molar-refractivity contribution in [3.8, 4) is 11.1 Å². The summed E-state index contributed by atoms with van der Waals surface area (Å²) in [6.45, 7) is 5.18. The molecule has 0 saturated carbocycles. The van der Waals surface area contributed by atoms with Crippen LogP contribution >= 0.6 is 23.2 Å². The van der Waals surface area contributed by atoms with Crippen molar-refractivity contribution in [1.29, 1.82) is 0 Å². The number of nitrogens with zero attached hydrogens (tertiary/aromatic N) is 3. The number of hydrogen-bond donors (Lipinski definition) is 1. The molecule has 0 unspecified atom stereocenters. The molecule has 0 radical (unpaired) electrons. The molecule has 1 aliphatic rings. The number of benzene rings is 1. The van der Waals surface area contributed by atoms with Crippen LogP contribution in [0.2, 0.25) is 10.0 Å². The molecule has 1 aliphatic heterocycles. The van der Waals surface area contributed by atoms with E-state index in [1.54, 1.807) is 6.07 Å². The quantitative estimate of drug-likeness (QED) is 0.724. The molecule has 3 heterocycles. The molecule has 1 saturated heterocycles. The zero-order valence-corrected chi connectivity index (χ0v) is 16.0. The fraction of sp³-hybridized carbons (Fsp3) is 0.316. The molecular weight excluding hydrogens is 371 g/mol. The third-order valence-electron chi connectivity index (χ3n) is 4.84. The molecule has 3 aromatic rings. The summed E-state index contributed by atoms with van der Waals surface area (Å²) in [4.78, 5) is 6.84. The number of imidazole rings is 1. The Balaban J connectivity index is 1.94. The van der Waals surface area contributed by atoms with Crippen molar-refractivity contribution in [2.24, 2.45) is 0 Å². The van der Waals surface area contributed by atoms with Crippen molar-refractivity contribution in [1.82, 2.24) is 9.38 Å². The molecule has 1 fully saturated rings. The summed E-state index contributed by atoms with van der Waals surface area (Å²) < 4.78 is 7.52. The lowest BCUT2D eigenvalue weighted by molar-refractivity contribution is 0.122. The van der Waals surface area contributed by atoms with Crippen LogP contribution in [0.1, 0.15) is 12.5 Å². The predicted octanol–water partition coefficient (Wildman–Crippen LogP) is 4.29. The highest BCUT2D eigenvalue weighted by Crippen LogP contribution is 2.37. The van der Waals surface area contributed by atoms with Gasteiger partial charge in [0.15, 0.2) is 5.65 Å². The Morgan fingerprint density at radius 3 is 2.65 bits per heavy atom. The summed E-state index contributed by atoms with van der Waals surface area (Å²) in [6.07, 6.45) is 4.75. The van der Waals surface area contributed by atoms with E-state index in [9.17, 15) is 0 Å². The summed E-state index contributed by atoms with van der Waals surface area (Å²) in [5, 5.41) is 1.22. The van der Waals surface area contributed by atoms with Gasteiger partial charge in [0.25, 0.3) is 0 Å². The summed E-state index contributed by atoms with van der Waals surface area (Å²) in [5.74, 6) is 1.02. The molecule has 1 aromatic carbocycles. The number of hydrogen-bond acceptors (Lipinski definition) is 4. The maximum Gasteiger partial charge on any atom is 0.162 e. The summed E-state index contributed by atoms with van der Waals surface area (Å²) in [5.41, 5.74) is 10.9. The van der Waals surface area contributed by atoms with E-state index in [4.69, 9.17) is 33.7 Å². The van der Waals surface area contributed by atoms with Gasteiger partial charge in [-0.25, -0.2) is 4.98 Å². The number of nitrogens with two attached hydrogens (primary N) is 1. The Morgan fingerprint density at radius 1 is 1.19 bits per heavy atom. The van der Waals surface area contributed by atoms with E-state index in [-0.39, 0.29) is 0 Å². The Kier molecular flexibility index (Phi) is 4.69. The topological polar surface area (TPSA) is 55.8 Å². The van der Waals surface area contributed by atoms with Crippen LogP contribution in [0.25, 0.3) is 16.8 Å². The van der Waals surface area contributed by atoms with Gasteiger partial charge in [-0.15, -0.1) is 0 Å². The van der Waals surface area contributed by atoms with E-state index >= 15 is 0 Å². The van der Waals surface area contributed by atoms with Gasteiger partial charge in [0.05, 0.1) is 25.1 Å². The average molecular weight is 391 g/mol. The smallest absolute Gasteiger partial charge is 0.162 e. The molecule has 0 amide bonds. The van der Waals surface area contributed by atoms with Gasteiger partial charge in [0, 0.05) is 40.5 Å². The minimum absolute atomic E-state index is 0.610. The summed E-state index contributed by atoms with van der Waals surface area (Å²) in [7, 11) is 0. The number of rotatable bonds is 3. The number of ether oxygens (including phenoxy) is 1. The number of nitrogen functional groups attached to an aromatic ring is 1. The zero-order valence-electron chi connectivity index (χ0n) is 14.5. The molecule has 4 rings (SSSR count). The maximum atomic E-state index is 6.49. The zero-order chi connectivity index (χ0) is 18.3. The average Bonchev–Trinajstić information content (AvgIpc) is 3.07. The second-order valence-corrected chi connectivity index (χ2v) is 7.17. The van der Waals surface area contributed by atoms with Gasteiger partial charge in [0.2, 0.25) is 0 Å². The molecule has 2 aromatic heterocycles. The third-order valence-corrected chi connectivity index (χ3v) is 5.38. The predicted molar refractivity (Wildman–Crippen MR) is 107 cm³/mol. The van der Waals surface area contributed by atoms with E-state index in [0.717, 1.165) is 47.7 Å². The van der Waals surface area contributed by atoms with Crippen molar-refractivity contribution in [2.45, 2.75) is 13.3 Å². The SMILES string of the molecule is CCc1c(-c2ccc(Cl)cc2Cl)cn2c(N3CCOCC3)cnc2c1N. The normalized spacial score (nSPS) is 15.0. The van der Waals surface area contributed by atoms with Crippen LogP contribution in [0, 0.1) is 0 Å². The Bertz CT molecular complexity index is 964. The van der Waals surface area contributed by atoms with Gasteiger partial charge in [-0.3, -0.25) is 4.40 Å². The van der Waals surface area contributed by atoms with Crippen LogP contribution < -0.4 is 10.6 Å². The highest BCUT2D eigenvalue weighted by molar-refractivity contribution is 6.36. The van der Waals surface area contributed by atoms with Crippen molar-refractivity contribution < 1.29 is 4.74 Å². The standard InChI is InChI=1S/C19H20Cl2N4O/c1-2-13-15(14-4-3-12(20)9-16(14)21)11-25-17(10-23-19(25)18(13)22)24-5-7-26-8-6-24/h3-4,9-11H,2,5-8,22H2,1H3. The second-order valence-electron chi connectivity index (χ2n) is 6.32. The Morgan fingerprint density at radius 2 is 1.96 bits per heavy atom. The Hall–Kier alpha value is -1.95. The molecular formula is C19H20Cl2N4O. The van der Waals surface area contributed by atoms with Gasteiger partial charge in [-0.2, -0.15) is 0 Å². The first-order valence-electron chi connectivity index (χ1n) is 8.66. The highest BCUT2D eigenvalue weighted by Gasteiger charge is 2.20. The molecule has 0 aliphatic carbocycles. The van der Waals surface area contributed by atoms with Crippen molar-refractivity contribution in [3.63, 3.8) is 0 Å². The largest absolute Gasteiger partial charge is 0.395 e. The second kappa shape index (κ2) is 6.99. The number of pyridine rings is 1. The van der Waals surface area contributed by atoms with Gasteiger partial charge in [-0.05, 0) is 24.1 Å². The van der Waals surface area contributed by atoms with Crippen LogP contribution in [-0.4, -0.2) is 35.7 Å².